The van der Waals surface area contributed by atoms with E-state index in [1.807, 2.05) is 13.0 Å². The molecular weight excluding hydrogens is 261 g/mol. The molecule has 3 nitrogen and oxygen atoms in total. The highest BCUT2D eigenvalue weighted by Crippen LogP contribution is 2.26. The number of benzene rings is 1. The van der Waals surface area contributed by atoms with E-state index in [2.05, 4.69) is 10.1 Å². The zero-order chi connectivity index (χ0) is 13.0. The van der Waals surface area contributed by atoms with E-state index in [1.54, 1.807) is 19.1 Å². The number of carbonyl (C=O) groups excluding carboxylic acids is 1. The number of nitrogens with one attached hydrogen (secondary N) is 1. The Kier molecular flexibility index (Phi) is 5.09. The standard InChI is InChI=1S/C12H15Cl2NO2/c1-7(12(16)17-3)8(2)15-9-4-5-10(13)11(14)6-9/h4-8,15H,1-3H3. The summed E-state index contributed by atoms with van der Waals surface area (Å²) < 4.78 is 4.69. The maximum absolute atomic E-state index is 11.4. The van der Waals surface area contributed by atoms with Gasteiger partial charge < -0.3 is 10.1 Å². The number of methoxy groups -OCH3 is 1. The second kappa shape index (κ2) is 6.12. The van der Waals surface area contributed by atoms with E-state index in [1.165, 1.54) is 7.11 Å². The van der Waals surface area contributed by atoms with E-state index in [0.717, 1.165) is 5.69 Å². The van der Waals surface area contributed by atoms with Gasteiger partial charge in [-0.05, 0) is 32.0 Å². The van der Waals surface area contributed by atoms with Gasteiger partial charge in [0.1, 0.15) is 0 Å². The molecule has 0 amide bonds. The van der Waals surface area contributed by atoms with Crippen LogP contribution >= 0.6 is 23.2 Å². The lowest BCUT2D eigenvalue weighted by Crippen LogP contribution is -2.30. The van der Waals surface area contributed by atoms with Crippen molar-refractivity contribution in [2.45, 2.75) is 19.9 Å². The molecule has 94 valence electrons. The van der Waals surface area contributed by atoms with Crippen molar-refractivity contribution in [2.75, 3.05) is 12.4 Å². The Balaban J connectivity index is 2.70. The lowest BCUT2D eigenvalue weighted by atomic mass is 10.0. The summed E-state index contributed by atoms with van der Waals surface area (Å²) in [6.07, 6.45) is 0. The monoisotopic (exact) mass is 275 g/mol. The highest BCUT2D eigenvalue weighted by atomic mass is 35.5. The number of rotatable bonds is 4. The number of esters is 1. The van der Waals surface area contributed by atoms with Gasteiger partial charge in [-0.15, -0.1) is 0 Å². The van der Waals surface area contributed by atoms with E-state index in [4.69, 9.17) is 23.2 Å². The topological polar surface area (TPSA) is 38.3 Å². The minimum atomic E-state index is -0.245. The van der Waals surface area contributed by atoms with Gasteiger partial charge in [-0.3, -0.25) is 4.79 Å². The van der Waals surface area contributed by atoms with Crippen LogP contribution in [0, 0.1) is 5.92 Å². The highest BCUT2D eigenvalue weighted by Gasteiger charge is 2.20. The second-order valence-electron chi connectivity index (χ2n) is 3.87. The van der Waals surface area contributed by atoms with Crippen molar-refractivity contribution >= 4 is 34.9 Å². The summed E-state index contributed by atoms with van der Waals surface area (Å²) in [5.74, 6) is -0.487. The minimum Gasteiger partial charge on any atom is -0.469 e. The van der Waals surface area contributed by atoms with Crippen molar-refractivity contribution in [3.63, 3.8) is 0 Å². The Morgan fingerprint density at radius 3 is 2.47 bits per heavy atom. The molecule has 0 bridgehead atoms. The van der Waals surface area contributed by atoms with Crippen molar-refractivity contribution < 1.29 is 9.53 Å². The number of carbonyl (C=O) groups is 1. The van der Waals surface area contributed by atoms with Gasteiger partial charge in [-0.25, -0.2) is 0 Å². The van der Waals surface area contributed by atoms with Crippen molar-refractivity contribution in [1.29, 1.82) is 0 Å². The molecule has 5 heteroatoms. The zero-order valence-electron chi connectivity index (χ0n) is 9.96. The predicted octanol–water partition coefficient (Wildman–Crippen LogP) is 3.60. The van der Waals surface area contributed by atoms with Crippen LogP contribution in [0.1, 0.15) is 13.8 Å². The molecule has 1 rings (SSSR count). The lowest BCUT2D eigenvalue weighted by molar-refractivity contribution is -0.145. The second-order valence-corrected chi connectivity index (χ2v) is 4.69. The average Bonchev–Trinajstić information content (AvgIpc) is 2.31. The first-order valence-corrected chi connectivity index (χ1v) is 6.00. The average molecular weight is 276 g/mol. The highest BCUT2D eigenvalue weighted by molar-refractivity contribution is 6.42. The molecule has 17 heavy (non-hydrogen) atoms. The molecule has 1 aromatic rings. The van der Waals surface area contributed by atoms with E-state index in [-0.39, 0.29) is 17.9 Å². The molecule has 0 spiro atoms. The number of anilines is 1. The fourth-order valence-electron chi connectivity index (χ4n) is 1.36. The first-order chi connectivity index (χ1) is 7.95. The third kappa shape index (κ3) is 3.79. The van der Waals surface area contributed by atoms with Gasteiger partial charge in [0, 0.05) is 11.7 Å². The Hall–Kier alpha value is -0.930. The van der Waals surface area contributed by atoms with Crippen LogP contribution in [0.4, 0.5) is 5.69 Å². The number of hydrogen-bond donors (Lipinski definition) is 1. The van der Waals surface area contributed by atoms with Gasteiger partial charge in [0.25, 0.3) is 0 Å². The molecule has 0 aliphatic rings. The normalized spacial score (nSPS) is 13.9. The van der Waals surface area contributed by atoms with Crippen LogP contribution in [0.3, 0.4) is 0 Å². The van der Waals surface area contributed by atoms with Gasteiger partial charge >= 0.3 is 5.97 Å². The Bertz CT molecular complexity index is 409. The Morgan fingerprint density at radius 1 is 1.29 bits per heavy atom. The lowest BCUT2D eigenvalue weighted by Gasteiger charge is -2.20. The summed E-state index contributed by atoms with van der Waals surface area (Å²) in [5.41, 5.74) is 0.822. The number of ether oxygens (including phenoxy) is 1. The molecule has 1 aromatic carbocycles. The SMILES string of the molecule is COC(=O)C(C)C(C)Nc1ccc(Cl)c(Cl)c1. The van der Waals surface area contributed by atoms with E-state index >= 15 is 0 Å². The third-order valence-corrected chi connectivity index (χ3v) is 3.38. The van der Waals surface area contributed by atoms with Crippen LogP contribution in [0.15, 0.2) is 18.2 Å². The van der Waals surface area contributed by atoms with Crippen LogP contribution in [0.5, 0.6) is 0 Å². The van der Waals surface area contributed by atoms with E-state index in [9.17, 15) is 4.79 Å². The molecule has 0 aromatic heterocycles. The maximum Gasteiger partial charge on any atom is 0.310 e. The van der Waals surface area contributed by atoms with Crippen LogP contribution in [-0.2, 0) is 9.53 Å². The quantitative estimate of drug-likeness (QED) is 0.854. The van der Waals surface area contributed by atoms with Gasteiger partial charge in [0.15, 0.2) is 0 Å². The van der Waals surface area contributed by atoms with E-state index in [0.29, 0.717) is 10.0 Å². The van der Waals surface area contributed by atoms with Crippen LogP contribution in [-0.4, -0.2) is 19.1 Å². The third-order valence-electron chi connectivity index (χ3n) is 2.64. The molecule has 0 aliphatic heterocycles. The van der Waals surface area contributed by atoms with Gasteiger partial charge in [0.05, 0.1) is 23.1 Å². The van der Waals surface area contributed by atoms with E-state index < -0.39 is 0 Å². The number of hydrogen-bond acceptors (Lipinski definition) is 3. The Labute approximate surface area is 111 Å². The molecule has 1 N–H and O–H groups in total. The van der Waals surface area contributed by atoms with Crippen LogP contribution in [0.25, 0.3) is 0 Å². The molecule has 2 atom stereocenters. The van der Waals surface area contributed by atoms with Crippen molar-refractivity contribution in [3.8, 4) is 0 Å². The predicted molar refractivity (Wildman–Crippen MR) is 70.7 cm³/mol. The van der Waals surface area contributed by atoms with Crippen LogP contribution in [0.2, 0.25) is 10.0 Å². The largest absolute Gasteiger partial charge is 0.469 e. The molecule has 0 saturated heterocycles. The summed E-state index contributed by atoms with van der Waals surface area (Å²) >= 11 is 11.7. The molecule has 0 fully saturated rings. The summed E-state index contributed by atoms with van der Waals surface area (Å²) in [5, 5.41) is 4.17. The minimum absolute atomic E-state index is 0.0558. The molecule has 2 unspecified atom stereocenters. The maximum atomic E-state index is 11.4. The fourth-order valence-corrected chi connectivity index (χ4v) is 1.66. The smallest absolute Gasteiger partial charge is 0.310 e. The van der Waals surface area contributed by atoms with Crippen molar-refractivity contribution in [1.82, 2.24) is 0 Å². The molecule has 0 aliphatic carbocycles. The van der Waals surface area contributed by atoms with Gasteiger partial charge in [-0.2, -0.15) is 0 Å². The number of halogens is 2. The zero-order valence-corrected chi connectivity index (χ0v) is 11.5. The summed E-state index contributed by atoms with van der Waals surface area (Å²) in [6.45, 7) is 3.71. The molecular formula is C12H15Cl2NO2. The van der Waals surface area contributed by atoms with Crippen molar-refractivity contribution in [3.05, 3.63) is 28.2 Å². The first kappa shape index (κ1) is 14.1. The fraction of sp³-hybridized carbons (Fsp3) is 0.417. The summed E-state index contributed by atoms with van der Waals surface area (Å²) in [7, 11) is 1.38. The van der Waals surface area contributed by atoms with Crippen molar-refractivity contribution in [2.24, 2.45) is 5.92 Å². The summed E-state index contributed by atoms with van der Waals surface area (Å²) in [6, 6.07) is 5.20. The molecule has 0 saturated carbocycles. The molecule has 0 heterocycles. The van der Waals surface area contributed by atoms with Gasteiger partial charge in [0.2, 0.25) is 0 Å². The summed E-state index contributed by atoms with van der Waals surface area (Å²) in [4.78, 5) is 11.4. The molecule has 0 radical (unpaired) electrons. The van der Waals surface area contributed by atoms with Crippen LogP contribution < -0.4 is 5.32 Å². The Morgan fingerprint density at radius 2 is 1.94 bits per heavy atom. The first-order valence-electron chi connectivity index (χ1n) is 5.25. The van der Waals surface area contributed by atoms with Gasteiger partial charge in [-0.1, -0.05) is 23.2 Å².